The molecule has 0 atom stereocenters. The average molecular weight is 305 g/mol. The molecule has 2 heterocycles. The Morgan fingerprint density at radius 1 is 1.30 bits per heavy atom. The highest BCUT2D eigenvalue weighted by molar-refractivity contribution is 8.05. The van der Waals surface area contributed by atoms with Gasteiger partial charge in [-0.1, -0.05) is 11.3 Å². The number of nitro benzene ring substituents is 1. The largest absolute Gasteiger partial charge is 0.433 e. The first kappa shape index (κ1) is 13.0. The summed E-state index contributed by atoms with van der Waals surface area (Å²) in [7, 11) is 0. The van der Waals surface area contributed by atoms with Crippen LogP contribution >= 0.6 is 23.1 Å². The predicted molar refractivity (Wildman–Crippen MR) is 76.8 cm³/mol. The predicted octanol–water partition coefficient (Wildman–Crippen LogP) is 3.04. The fourth-order valence-electron chi connectivity index (χ4n) is 1.88. The van der Waals surface area contributed by atoms with E-state index < -0.39 is 4.92 Å². The number of allylic oxidation sites excluding steroid dienone is 1. The number of thioether (sulfide) groups is 1. The molecule has 20 heavy (non-hydrogen) atoms. The van der Waals surface area contributed by atoms with E-state index in [0.717, 1.165) is 15.6 Å². The number of carbonyl (C=O) groups excluding carboxylic acids is 1. The van der Waals surface area contributed by atoms with Gasteiger partial charge in [-0.25, -0.2) is 4.79 Å². The molecule has 0 unspecified atom stereocenters. The molecule has 0 radical (unpaired) electrons. The number of non-ortho nitro benzene ring substituents is 1. The van der Waals surface area contributed by atoms with Crippen LogP contribution in [-0.2, 0) is 0 Å². The number of nitrogens with zero attached hydrogens (tertiary/aromatic N) is 2. The second kappa shape index (κ2) is 4.84. The quantitative estimate of drug-likeness (QED) is 0.370. The van der Waals surface area contributed by atoms with E-state index in [-0.39, 0.29) is 11.6 Å². The van der Waals surface area contributed by atoms with E-state index in [4.69, 9.17) is 0 Å². The lowest BCUT2D eigenvalue weighted by atomic mass is 10.2. The molecule has 2 aromatic rings. The zero-order valence-electron chi connectivity index (χ0n) is 10.4. The molecule has 7 heteroatoms. The summed E-state index contributed by atoms with van der Waals surface area (Å²) in [4.78, 5) is 23.0. The number of carbonyl (C=O) groups is 1. The van der Waals surface area contributed by atoms with Crippen LogP contribution in [0.15, 0.2) is 38.9 Å². The number of hydrogen-bond acceptors (Lipinski definition) is 5. The SMILES string of the molecule is Cc1csc2[n+]1C(=O)C(=Cc1ccc([N+](=O)[O-])cc1)S2. The third kappa shape index (κ3) is 2.14. The minimum Gasteiger partial charge on any atom is -0.258 e. The summed E-state index contributed by atoms with van der Waals surface area (Å²) in [5.74, 6) is -0.0397. The molecule has 0 aliphatic carbocycles. The molecule has 0 saturated carbocycles. The Labute approximate surface area is 122 Å². The Balaban J connectivity index is 1.91. The number of thiazole rings is 1. The van der Waals surface area contributed by atoms with Crippen LogP contribution in [-0.4, -0.2) is 10.8 Å². The van der Waals surface area contributed by atoms with Gasteiger partial charge in [-0.3, -0.25) is 10.1 Å². The Morgan fingerprint density at radius 2 is 2.00 bits per heavy atom. The Morgan fingerprint density at radius 3 is 2.60 bits per heavy atom. The van der Waals surface area contributed by atoms with E-state index in [9.17, 15) is 14.9 Å². The maximum absolute atomic E-state index is 12.2. The van der Waals surface area contributed by atoms with Crippen molar-refractivity contribution in [3.05, 3.63) is 55.9 Å². The summed E-state index contributed by atoms with van der Waals surface area (Å²) < 4.78 is 2.63. The number of rotatable bonds is 2. The van der Waals surface area contributed by atoms with Gasteiger partial charge in [0.05, 0.1) is 10.3 Å². The molecule has 0 spiro atoms. The number of nitro groups is 1. The van der Waals surface area contributed by atoms with Gasteiger partial charge >= 0.3 is 10.2 Å². The highest BCUT2D eigenvalue weighted by atomic mass is 32.2. The monoisotopic (exact) mass is 305 g/mol. The van der Waals surface area contributed by atoms with Crippen molar-refractivity contribution in [1.82, 2.24) is 0 Å². The first-order valence-electron chi connectivity index (χ1n) is 5.75. The lowest BCUT2D eigenvalue weighted by Crippen LogP contribution is -2.41. The van der Waals surface area contributed by atoms with E-state index in [2.05, 4.69) is 0 Å². The number of aryl methyl sites for hydroxylation is 1. The maximum atomic E-state index is 12.2. The summed E-state index contributed by atoms with van der Waals surface area (Å²) in [6.07, 6.45) is 1.76. The minimum absolute atomic E-state index is 0.0397. The van der Waals surface area contributed by atoms with Crippen molar-refractivity contribution in [3.8, 4) is 0 Å². The van der Waals surface area contributed by atoms with Gasteiger partial charge in [-0.05, 0) is 23.8 Å². The number of aromatic nitrogens is 1. The Hall–Kier alpha value is -1.99. The smallest absolute Gasteiger partial charge is 0.258 e. The van der Waals surface area contributed by atoms with Crippen LogP contribution in [0.4, 0.5) is 5.69 Å². The van der Waals surface area contributed by atoms with Crippen LogP contribution in [0.2, 0.25) is 0 Å². The van der Waals surface area contributed by atoms with Crippen molar-refractivity contribution < 1.29 is 14.3 Å². The van der Waals surface area contributed by atoms with Gasteiger partial charge in [0.2, 0.25) is 0 Å². The van der Waals surface area contributed by atoms with Crippen molar-refractivity contribution in [2.75, 3.05) is 0 Å². The molecule has 0 fully saturated rings. The van der Waals surface area contributed by atoms with Crippen LogP contribution in [0.3, 0.4) is 0 Å². The lowest BCUT2D eigenvalue weighted by Gasteiger charge is -1.94. The second-order valence-corrected chi connectivity index (χ2v) is 6.39. The van der Waals surface area contributed by atoms with Crippen molar-refractivity contribution >= 4 is 40.8 Å². The minimum atomic E-state index is -0.441. The first-order valence-corrected chi connectivity index (χ1v) is 7.45. The van der Waals surface area contributed by atoms with Crippen LogP contribution in [0.25, 0.3) is 6.08 Å². The summed E-state index contributed by atoms with van der Waals surface area (Å²) in [6, 6.07) is 6.15. The molecule has 0 N–H and O–H groups in total. The van der Waals surface area contributed by atoms with Gasteiger partial charge in [0.1, 0.15) is 4.91 Å². The van der Waals surface area contributed by atoms with E-state index in [0.29, 0.717) is 4.91 Å². The molecule has 1 aromatic heterocycles. The van der Waals surface area contributed by atoms with Crippen LogP contribution in [0.1, 0.15) is 16.1 Å². The topological polar surface area (TPSA) is 64.1 Å². The summed E-state index contributed by atoms with van der Waals surface area (Å²) in [5, 5.41) is 12.5. The van der Waals surface area contributed by atoms with Crippen molar-refractivity contribution in [2.24, 2.45) is 0 Å². The standard InChI is InChI=1S/C13H9N2O3S2/c1-8-7-19-13-14(8)12(16)11(20-13)6-9-2-4-10(5-3-9)15(17)18/h2-7H,1H3/q+1. The fourth-order valence-corrected chi connectivity index (χ4v) is 4.08. The van der Waals surface area contributed by atoms with Gasteiger partial charge in [0, 0.05) is 30.8 Å². The Kier molecular flexibility index (Phi) is 3.15. The zero-order valence-corrected chi connectivity index (χ0v) is 12.0. The van der Waals surface area contributed by atoms with Crippen LogP contribution < -0.4 is 4.57 Å². The summed E-state index contributed by atoms with van der Waals surface area (Å²) in [5.41, 5.74) is 1.75. The molecule has 0 amide bonds. The van der Waals surface area contributed by atoms with Gasteiger partial charge in [0.15, 0.2) is 5.69 Å². The fraction of sp³-hybridized carbons (Fsp3) is 0.0769. The van der Waals surface area contributed by atoms with E-state index in [1.54, 1.807) is 22.8 Å². The van der Waals surface area contributed by atoms with E-state index in [1.165, 1.54) is 35.2 Å². The molecule has 5 nitrogen and oxygen atoms in total. The van der Waals surface area contributed by atoms with Crippen LogP contribution in [0, 0.1) is 17.0 Å². The van der Waals surface area contributed by atoms with Crippen molar-refractivity contribution in [2.45, 2.75) is 11.3 Å². The maximum Gasteiger partial charge on any atom is 0.433 e. The van der Waals surface area contributed by atoms with Crippen molar-refractivity contribution in [3.63, 3.8) is 0 Å². The molecule has 3 rings (SSSR count). The third-order valence-electron chi connectivity index (χ3n) is 2.88. The van der Waals surface area contributed by atoms with Gasteiger partial charge in [-0.2, -0.15) is 0 Å². The zero-order chi connectivity index (χ0) is 14.3. The van der Waals surface area contributed by atoms with E-state index >= 15 is 0 Å². The van der Waals surface area contributed by atoms with Crippen LogP contribution in [0.5, 0.6) is 0 Å². The molecule has 100 valence electrons. The molecule has 0 saturated heterocycles. The van der Waals surface area contributed by atoms with Crippen molar-refractivity contribution in [1.29, 1.82) is 0 Å². The Bertz CT molecular complexity index is 747. The molecule has 1 aromatic carbocycles. The second-order valence-electron chi connectivity index (χ2n) is 4.24. The molecule has 1 aliphatic heterocycles. The highest BCUT2D eigenvalue weighted by Crippen LogP contribution is 2.35. The summed E-state index contributed by atoms with van der Waals surface area (Å²) >= 11 is 2.97. The van der Waals surface area contributed by atoms with E-state index in [1.807, 2.05) is 12.3 Å². The highest BCUT2D eigenvalue weighted by Gasteiger charge is 2.38. The number of fused-ring (bicyclic) bond motifs is 1. The molecule has 1 aliphatic rings. The molecular weight excluding hydrogens is 296 g/mol. The third-order valence-corrected chi connectivity index (χ3v) is 5.13. The van der Waals surface area contributed by atoms with Gasteiger partial charge in [-0.15, -0.1) is 4.57 Å². The first-order chi connectivity index (χ1) is 9.56. The normalized spacial score (nSPS) is 15.7. The average Bonchev–Trinajstić information content (AvgIpc) is 2.93. The summed E-state index contributed by atoms with van der Waals surface area (Å²) in [6.45, 7) is 1.90. The number of benzene rings is 1. The van der Waals surface area contributed by atoms with Gasteiger partial charge in [0.25, 0.3) is 5.69 Å². The number of hydrogen-bond donors (Lipinski definition) is 0. The lowest BCUT2D eigenvalue weighted by molar-refractivity contribution is -0.606. The molecular formula is C13H9N2O3S2+. The van der Waals surface area contributed by atoms with Gasteiger partial charge < -0.3 is 0 Å². The molecule has 0 bridgehead atoms.